The van der Waals surface area contributed by atoms with E-state index in [1.807, 2.05) is 0 Å². The molecule has 0 aliphatic heterocycles. The molecule has 0 fully saturated rings. The standard InChI is InChI=1S/C21H38O4/c1-3-4-5-6-7-8-9-10-11-12-13-14-15-16-17-18-20(23)25-21(24)19(2)22/h3-18H2,1-2H3. The highest BCUT2D eigenvalue weighted by molar-refractivity contribution is 6.34. The van der Waals surface area contributed by atoms with Gasteiger partial charge in [0, 0.05) is 13.3 Å². The Balaban J connectivity index is 3.20. The molecule has 146 valence electrons. The fourth-order valence-corrected chi connectivity index (χ4v) is 2.87. The van der Waals surface area contributed by atoms with E-state index in [1.54, 1.807) is 0 Å². The Morgan fingerprint density at radius 3 is 1.32 bits per heavy atom. The number of Topliss-reactive ketones (excluding diaryl/α,β-unsaturated/α-hetero) is 1. The molecule has 0 aliphatic carbocycles. The average Bonchev–Trinajstić information content (AvgIpc) is 2.58. The lowest BCUT2D eigenvalue weighted by atomic mass is 10.0. The quantitative estimate of drug-likeness (QED) is 0.141. The first-order chi connectivity index (χ1) is 12.1. The number of hydrogen-bond acceptors (Lipinski definition) is 4. The molecule has 0 aliphatic rings. The first-order valence-corrected chi connectivity index (χ1v) is 10.3. The van der Waals surface area contributed by atoms with Gasteiger partial charge in [-0.25, -0.2) is 4.79 Å². The van der Waals surface area contributed by atoms with E-state index in [-0.39, 0.29) is 6.42 Å². The van der Waals surface area contributed by atoms with Crippen LogP contribution >= 0.6 is 0 Å². The molecule has 0 atom stereocenters. The van der Waals surface area contributed by atoms with E-state index in [0.717, 1.165) is 26.2 Å². The van der Waals surface area contributed by atoms with Gasteiger partial charge in [-0.3, -0.25) is 9.59 Å². The van der Waals surface area contributed by atoms with Crippen LogP contribution in [0.2, 0.25) is 0 Å². The normalized spacial score (nSPS) is 10.6. The zero-order valence-electron chi connectivity index (χ0n) is 16.4. The molecule has 0 saturated carbocycles. The summed E-state index contributed by atoms with van der Waals surface area (Å²) in [5.74, 6) is -2.37. The van der Waals surface area contributed by atoms with Gasteiger partial charge in [0.05, 0.1) is 0 Å². The number of rotatable bonds is 17. The van der Waals surface area contributed by atoms with E-state index in [2.05, 4.69) is 11.7 Å². The molecule has 0 radical (unpaired) electrons. The zero-order chi connectivity index (χ0) is 18.8. The molecular formula is C21H38O4. The Morgan fingerprint density at radius 2 is 0.960 bits per heavy atom. The van der Waals surface area contributed by atoms with Crippen molar-refractivity contribution in [2.24, 2.45) is 0 Å². The molecule has 0 aromatic carbocycles. The maximum absolute atomic E-state index is 11.3. The first-order valence-electron chi connectivity index (χ1n) is 10.3. The van der Waals surface area contributed by atoms with Crippen LogP contribution in [0.5, 0.6) is 0 Å². The smallest absolute Gasteiger partial charge is 0.381 e. The Kier molecular flexibility index (Phi) is 16.8. The monoisotopic (exact) mass is 354 g/mol. The lowest BCUT2D eigenvalue weighted by molar-refractivity contribution is -0.163. The van der Waals surface area contributed by atoms with Gasteiger partial charge in [0.25, 0.3) is 0 Å². The Labute approximate surface area is 154 Å². The van der Waals surface area contributed by atoms with Crippen LogP contribution < -0.4 is 0 Å². The second-order valence-corrected chi connectivity index (χ2v) is 7.02. The topological polar surface area (TPSA) is 60.4 Å². The third-order valence-corrected chi connectivity index (χ3v) is 4.48. The van der Waals surface area contributed by atoms with E-state index in [0.29, 0.717) is 0 Å². The third-order valence-electron chi connectivity index (χ3n) is 4.48. The number of esters is 2. The SMILES string of the molecule is CCCCCCCCCCCCCCCCCC(=O)OC(=O)C(C)=O. The molecule has 0 aromatic rings. The molecule has 0 bridgehead atoms. The third kappa shape index (κ3) is 17.4. The summed E-state index contributed by atoms with van der Waals surface area (Å²) in [6.07, 6.45) is 19.2. The summed E-state index contributed by atoms with van der Waals surface area (Å²) in [6, 6.07) is 0. The van der Waals surface area contributed by atoms with Crippen LogP contribution in [-0.2, 0) is 19.1 Å². The minimum atomic E-state index is -1.05. The van der Waals surface area contributed by atoms with Gasteiger partial charge in [-0.2, -0.15) is 0 Å². The minimum Gasteiger partial charge on any atom is -0.387 e. The maximum Gasteiger partial charge on any atom is 0.381 e. The van der Waals surface area contributed by atoms with Crippen molar-refractivity contribution in [1.82, 2.24) is 0 Å². The maximum atomic E-state index is 11.3. The van der Waals surface area contributed by atoms with Crippen molar-refractivity contribution in [2.45, 2.75) is 117 Å². The van der Waals surface area contributed by atoms with Crippen molar-refractivity contribution in [3.63, 3.8) is 0 Å². The second-order valence-electron chi connectivity index (χ2n) is 7.02. The van der Waals surface area contributed by atoms with Gasteiger partial charge >= 0.3 is 11.9 Å². The van der Waals surface area contributed by atoms with Gasteiger partial charge in [0.1, 0.15) is 0 Å². The van der Waals surface area contributed by atoms with Crippen LogP contribution in [0.15, 0.2) is 0 Å². The summed E-state index contributed by atoms with van der Waals surface area (Å²) >= 11 is 0. The van der Waals surface area contributed by atoms with Crippen LogP contribution in [0.4, 0.5) is 0 Å². The number of ether oxygens (including phenoxy) is 1. The summed E-state index contributed by atoms with van der Waals surface area (Å²) in [5.41, 5.74) is 0. The number of carbonyl (C=O) groups excluding carboxylic acids is 3. The molecule has 0 N–H and O–H groups in total. The summed E-state index contributed by atoms with van der Waals surface area (Å²) in [6.45, 7) is 3.36. The molecule has 4 heteroatoms. The van der Waals surface area contributed by atoms with E-state index >= 15 is 0 Å². The van der Waals surface area contributed by atoms with Gasteiger partial charge in [-0.15, -0.1) is 0 Å². The van der Waals surface area contributed by atoms with Crippen molar-refractivity contribution in [3.8, 4) is 0 Å². The largest absolute Gasteiger partial charge is 0.387 e. The van der Waals surface area contributed by atoms with Crippen LogP contribution in [0.3, 0.4) is 0 Å². The number of carbonyl (C=O) groups is 3. The summed E-state index contributed by atoms with van der Waals surface area (Å²) < 4.78 is 4.40. The van der Waals surface area contributed by atoms with E-state index in [9.17, 15) is 14.4 Å². The predicted octanol–water partition coefficient (Wildman–Crippen LogP) is 5.91. The second kappa shape index (κ2) is 17.6. The Morgan fingerprint density at radius 1 is 0.600 bits per heavy atom. The van der Waals surface area contributed by atoms with E-state index in [1.165, 1.54) is 77.0 Å². The van der Waals surface area contributed by atoms with Gasteiger partial charge in [-0.05, 0) is 6.42 Å². The molecule has 0 amide bonds. The summed E-state index contributed by atoms with van der Waals surface area (Å²) in [7, 11) is 0. The van der Waals surface area contributed by atoms with Crippen molar-refractivity contribution < 1.29 is 19.1 Å². The van der Waals surface area contributed by atoms with Crippen LogP contribution in [-0.4, -0.2) is 17.7 Å². The minimum absolute atomic E-state index is 0.220. The lowest BCUT2D eigenvalue weighted by Gasteiger charge is -2.03. The first kappa shape index (κ1) is 23.8. The fraction of sp³-hybridized carbons (Fsp3) is 0.857. The van der Waals surface area contributed by atoms with Crippen LogP contribution in [0, 0.1) is 0 Å². The van der Waals surface area contributed by atoms with Crippen molar-refractivity contribution in [1.29, 1.82) is 0 Å². The number of unbranched alkanes of at least 4 members (excludes halogenated alkanes) is 14. The van der Waals surface area contributed by atoms with Gasteiger partial charge in [0.2, 0.25) is 5.78 Å². The predicted molar refractivity (Wildman–Crippen MR) is 101 cm³/mol. The van der Waals surface area contributed by atoms with Crippen molar-refractivity contribution in [2.75, 3.05) is 0 Å². The zero-order valence-corrected chi connectivity index (χ0v) is 16.4. The van der Waals surface area contributed by atoms with E-state index < -0.39 is 17.7 Å². The molecule has 0 unspecified atom stereocenters. The highest BCUT2D eigenvalue weighted by Gasteiger charge is 2.14. The van der Waals surface area contributed by atoms with Gasteiger partial charge in [-0.1, -0.05) is 96.8 Å². The molecule has 4 nitrogen and oxygen atoms in total. The van der Waals surface area contributed by atoms with Crippen LogP contribution in [0.25, 0.3) is 0 Å². The fourth-order valence-electron chi connectivity index (χ4n) is 2.87. The number of ketones is 1. The highest BCUT2D eigenvalue weighted by Crippen LogP contribution is 2.13. The van der Waals surface area contributed by atoms with Gasteiger partial charge < -0.3 is 4.74 Å². The van der Waals surface area contributed by atoms with Gasteiger partial charge in [0.15, 0.2) is 0 Å². The summed E-state index contributed by atoms with van der Waals surface area (Å²) in [4.78, 5) is 32.9. The molecule has 0 aromatic heterocycles. The lowest BCUT2D eigenvalue weighted by Crippen LogP contribution is -2.18. The highest BCUT2D eigenvalue weighted by atomic mass is 16.6. The van der Waals surface area contributed by atoms with Crippen molar-refractivity contribution in [3.05, 3.63) is 0 Å². The Hall–Kier alpha value is -1.19. The number of hydrogen-bond donors (Lipinski definition) is 0. The van der Waals surface area contributed by atoms with Crippen molar-refractivity contribution >= 4 is 17.7 Å². The van der Waals surface area contributed by atoms with Crippen LogP contribution in [0.1, 0.15) is 117 Å². The average molecular weight is 355 g/mol. The molecular weight excluding hydrogens is 316 g/mol. The molecule has 0 rings (SSSR count). The molecule has 25 heavy (non-hydrogen) atoms. The Bertz CT molecular complexity index is 363. The molecule has 0 saturated heterocycles. The van der Waals surface area contributed by atoms with E-state index in [4.69, 9.17) is 0 Å². The molecule has 0 heterocycles. The summed E-state index contributed by atoms with van der Waals surface area (Å²) in [5, 5.41) is 0. The molecule has 0 spiro atoms.